The minimum Gasteiger partial charge on any atom is -0.151 e. The van der Waals surface area contributed by atoms with E-state index in [9.17, 15) is 0 Å². The van der Waals surface area contributed by atoms with Gasteiger partial charge in [0.1, 0.15) is 0 Å². The number of hydrogen-bond acceptors (Lipinski definition) is 1. The molecule has 1 heterocycles. The van der Waals surface area contributed by atoms with Crippen molar-refractivity contribution in [1.82, 2.24) is 0 Å². The summed E-state index contributed by atoms with van der Waals surface area (Å²) in [6.07, 6.45) is 3.61. The van der Waals surface area contributed by atoms with Crippen LogP contribution in [0.3, 0.4) is 0 Å². The molecule has 0 saturated carbocycles. The van der Waals surface area contributed by atoms with Gasteiger partial charge in [-0.15, -0.1) is 0 Å². The second kappa shape index (κ2) is 5.40. The van der Waals surface area contributed by atoms with Crippen LogP contribution in [-0.2, 0) is 6.42 Å². The van der Waals surface area contributed by atoms with Crippen molar-refractivity contribution in [2.75, 3.05) is 0 Å². The second-order valence-electron chi connectivity index (χ2n) is 2.79. The van der Waals surface area contributed by atoms with Gasteiger partial charge in [0.2, 0.25) is 0 Å². The van der Waals surface area contributed by atoms with Gasteiger partial charge in [0.25, 0.3) is 0 Å². The summed E-state index contributed by atoms with van der Waals surface area (Å²) >= 11 is 8.93. The molecule has 1 aromatic heterocycles. The van der Waals surface area contributed by atoms with E-state index in [0.29, 0.717) is 4.83 Å². The molecule has 0 spiro atoms. The van der Waals surface area contributed by atoms with E-state index in [0.717, 1.165) is 0 Å². The first kappa shape index (κ1) is 10.7. The van der Waals surface area contributed by atoms with Crippen LogP contribution in [0.5, 0.6) is 0 Å². The van der Waals surface area contributed by atoms with Gasteiger partial charge in [0.05, 0.1) is 0 Å². The van der Waals surface area contributed by atoms with E-state index < -0.39 is 0 Å². The lowest BCUT2D eigenvalue weighted by Gasteiger charge is -2.04. The molecule has 0 saturated heterocycles. The van der Waals surface area contributed by atoms with E-state index in [1.807, 2.05) is 0 Å². The molecule has 3 heteroatoms. The Bertz CT molecular complexity index is 232. The zero-order valence-electron chi connectivity index (χ0n) is 7.02. The molecule has 0 fully saturated rings. The Morgan fingerprint density at radius 2 is 2.25 bits per heavy atom. The molecule has 1 unspecified atom stereocenters. The fraction of sp³-hybridized carbons (Fsp3) is 0.556. The largest absolute Gasteiger partial charge is 0.151 e. The SMILES string of the molecule is CCC(Br)CCc1cscc1Br. The number of rotatable bonds is 4. The van der Waals surface area contributed by atoms with Crippen molar-refractivity contribution in [2.45, 2.75) is 31.0 Å². The van der Waals surface area contributed by atoms with Crippen LogP contribution >= 0.6 is 43.2 Å². The van der Waals surface area contributed by atoms with Crippen LogP contribution in [0.15, 0.2) is 15.2 Å². The van der Waals surface area contributed by atoms with Gasteiger partial charge >= 0.3 is 0 Å². The Kier molecular flexibility index (Phi) is 4.84. The fourth-order valence-electron chi connectivity index (χ4n) is 1.00. The lowest BCUT2D eigenvalue weighted by molar-refractivity contribution is 0.746. The number of alkyl halides is 1. The van der Waals surface area contributed by atoms with Gasteiger partial charge in [-0.25, -0.2) is 0 Å². The van der Waals surface area contributed by atoms with E-state index in [1.165, 1.54) is 29.3 Å². The predicted octanol–water partition coefficient (Wildman–Crippen LogP) is 4.62. The first-order chi connectivity index (χ1) is 5.74. The Hall–Kier alpha value is 0.660. The normalized spacial score (nSPS) is 13.2. The number of hydrogen-bond donors (Lipinski definition) is 0. The highest BCUT2D eigenvalue weighted by atomic mass is 79.9. The highest BCUT2D eigenvalue weighted by molar-refractivity contribution is 9.10. The second-order valence-corrected chi connectivity index (χ2v) is 5.68. The number of thiophene rings is 1. The summed E-state index contributed by atoms with van der Waals surface area (Å²) in [5, 5.41) is 4.37. The van der Waals surface area contributed by atoms with Crippen molar-refractivity contribution in [3.8, 4) is 0 Å². The van der Waals surface area contributed by atoms with Crippen molar-refractivity contribution in [3.63, 3.8) is 0 Å². The van der Waals surface area contributed by atoms with Crippen molar-refractivity contribution in [1.29, 1.82) is 0 Å². The third-order valence-electron chi connectivity index (χ3n) is 1.86. The molecule has 0 aliphatic carbocycles. The molecule has 0 aromatic carbocycles. The maximum atomic E-state index is 3.64. The van der Waals surface area contributed by atoms with E-state index in [4.69, 9.17) is 0 Å². The molecule has 0 N–H and O–H groups in total. The molecule has 0 radical (unpaired) electrons. The summed E-state index contributed by atoms with van der Waals surface area (Å²) in [5.41, 5.74) is 1.44. The van der Waals surface area contributed by atoms with E-state index in [2.05, 4.69) is 49.5 Å². The topological polar surface area (TPSA) is 0 Å². The Labute approximate surface area is 94.6 Å². The van der Waals surface area contributed by atoms with Crippen molar-refractivity contribution in [2.24, 2.45) is 0 Å². The minimum atomic E-state index is 0.671. The molecule has 0 amide bonds. The predicted molar refractivity (Wildman–Crippen MR) is 63.3 cm³/mol. The molecular formula is C9H12Br2S. The molecule has 0 aliphatic heterocycles. The molecule has 68 valence electrons. The van der Waals surface area contributed by atoms with Crippen LogP contribution in [0.1, 0.15) is 25.3 Å². The van der Waals surface area contributed by atoms with Crippen LogP contribution in [0.4, 0.5) is 0 Å². The fourth-order valence-corrected chi connectivity index (χ4v) is 2.77. The van der Waals surface area contributed by atoms with Crippen molar-refractivity contribution in [3.05, 3.63) is 20.8 Å². The highest BCUT2D eigenvalue weighted by Gasteiger charge is 2.04. The lowest BCUT2D eigenvalue weighted by Crippen LogP contribution is -1.97. The standard InChI is InChI=1S/C9H12Br2S/c1-2-8(10)4-3-7-5-12-6-9(7)11/h5-6,8H,2-4H2,1H3. The Balaban J connectivity index is 2.38. The van der Waals surface area contributed by atoms with Gasteiger partial charge in [-0.3, -0.25) is 0 Å². The molecule has 0 aliphatic rings. The number of halogens is 2. The summed E-state index contributed by atoms with van der Waals surface area (Å²) in [6.45, 7) is 2.21. The van der Waals surface area contributed by atoms with E-state index in [1.54, 1.807) is 11.3 Å². The first-order valence-electron chi connectivity index (χ1n) is 4.08. The van der Waals surface area contributed by atoms with Crippen molar-refractivity contribution < 1.29 is 0 Å². The van der Waals surface area contributed by atoms with Gasteiger partial charge in [-0.2, -0.15) is 11.3 Å². The molecule has 0 nitrogen and oxygen atoms in total. The highest BCUT2D eigenvalue weighted by Crippen LogP contribution is 2.24. The van der Waals surface area contributed by atoms with Crippen LogP contribution in [0.2, 0.25) is 0 Å². The third-order valence-corrected chi connectivity index (χ3v) is 4.80. The average molecular weight is 312 g/mol. The molecule has 1 atom stereocenters. The number of aryl methyl sites for hydroxylation is 1. The molecule has 0 bridgehead atoms. The van der Waals surface area contributed by atoms with Crippen LogP contribution < -0.4 is 0 Å². The van der Waals surface area contributed by atoms with Crippen LogP contribution in [0.25, 0.3) is 0 Å². The molecule has 1 aromatic rings. The smallest absolute Gasteiger partial charge is 0.0314 e. The van der Waals surface area contributed by atoms with Gasteiger partial charge < -0.3 is 0 Å². The minimum absolute atomic E-state index is 0.671. The monoisotopic (exact) mass is 310 g/mol. The van der Waals surface area contributed by atoms with E-state index in [-0.39, 0.29) is 0 Å². The molecule has 1 rings (SSSR count). The lowest BCUT2D eigenvalue weighted by atomic mass is 10.1. The van der Waals surface area contributed by atoms with Gasteiger partial charge in [-0.1, -0.05) is 22.9 Å². The Morgan fingerprint density at radius 1 is 1.50 bits per heavy atom. The summed E-state index contributed by atoms with van der Waals surface area (Å²) in [4.78, 5) is 0.671. The van der Waals surface area contributed by atoms with E-state index >= 15 is 0 Å². The maximum Gasteiger partial charge on any atom is 0.0314 e. The summed E-state index contributed by atoms with van der Waals surface area (Å²) in [7, 11) is 0. The van der Waals surface area contributed by atoms with Gasteiger partial charge in [0, 0.05) is 14.7 Å². The zero-order chi connectivity index (χ0) is 8.97. The van der Waals surface area contributed by atoms with Crippen molar-refractivity contribution >= 4 is 43.2 Å². The average Bonchev–Trinajstić information content (AvgIpc) is 2.47. The Morgan fingerprint density at radius 3 is 2.75 bits per heavy atom. The van der Waals surface area contributed by atoms with Gasteiger partial charge in [-0.05, 0) is 46.1 Å². The first-order valence-corrected chi connectivity index (χ1v) is 6.73. The van der Waals surface area contributed by atoms with Crippen LogP contribution in [-0.4, -0.2) is 4.83 Å². The molecular weight excluding hydrogens is 300 g/mol. The van der Waals surface area contributed by atoms with Crippen LogP contribution in [0, 0.1) is 0 Å². The van der Waals surface area contributed by atoms with Gasteiger partial charge in [0.15, 0.2) is 0 Å². The third kappa shape index (κ3) is 3.19. The maximum absolute atomic E-state index is 3.64. The summed E-state index contributed by atoms with van der Waals surface area (Å²) in [6, 6.07) is 0. The molecule has 12 heavy (non-hydrogen) atoms. The summed E-state index contributed by atoms with van der Waals surface area (Å²) < 4.78 is 1.27. The quantitative estimate of drug-likeness (QED) is 0.712. The zero-order valence-corrected chi connectivity index (χ0v) is 11.0. The summed E-state index contributed by atoms with van der Waals surface area (Å²) in [5.74, 6) is 0.